The van der Waals surface area contributed by atoms with Gasteiger partial charge >= 0.3 is 0 Å². The summed E-state index contributed by atoms with van der Waals surface area (Å²) in [5.74, 6) is 0.439. The molecule has 2 aromatic heterocycles. The Hall–Kier alpha value is -2.05. The Morgan fingerprint density at radius 2 is 2.17 bits per heavy atom. The van der Waals surface area contributed by atoms with Crippen LogP contribution < -0.4 is 17.0 Å². The molecule has 7 heteroatoms. The summed E-state index contributed by atoms with van der Waals surface area (Å²) >= 11 is 0. The molecule has 0 unspecified atom stereocenters. The lowest BCUT2D eigenvalue weighted by Gasteiger charge is -1.90. The Balaban J connectivity index is 2.98. The lowest BCUT2D eigenvalue weighted by molar-refractivity contribution is 0.906. The van der Waals surface area contributed by atoms with E-state index >= 15 is 0 Å². The molecule has 0 aliphatic heterocycles. The van der Waals surface area contributed by atoms with Crippen LogP contribution in [-0.4, -0.2) is 19.6 Å². The zero-order valence-electron chi connectivity index (χ0n) is 5.98. The van der Waals surface area contributed by atoms with Crippen LogP contribution in [0.3, 0.4) is 0 Å². The van der Waals surface area contributed by atoms with Gasteiger partial charge < -0.3 is 11.5 Å². The summed E-state index contributed by atoms with van der Waals surface area (Å²) in [6, 6.07) is 1.19. The van der Waals surface area contributed by atoms with Gasteiger partial charge in [0.1, 0.15) is 5.82 Å². The first-order chi connectivity index (χ1) is 5.66. The van der Waals surface area contributed by atoms with Gasteiger partial charge in [-0.1, -0.05) is 0 Å². The first-order valence-corrected chi connectivity index (χ1v) is 3.17. The van der Waals surface area contributed by atoms with E-state index < -0.39 is 0 Å². The highest BCUT2D eigenvalue weighted by molar-refractivity contribution is 5.40. The highest BCUT2D eigenvalue weighted by atomic mass is 16.1. The zero-order valence-corrected chi connectivity index (χ0v) is 5.98. The molecule has 2 aromatic rings. The topological polar surface area (TPSA) is 115 Å². The number of aromatic amines is 1. The van der Waals surface area contributed by atoms with Crippen molar-refractivity contribution in [1.29, 1.82) is 0 Å². The normalized spacial score (nSPS) is 10.7. The monoisotopic (exact) mass is 166 g/mol. The molecular formula is C5H6N6O. The van der Waals surface area contributed by atoms with Gasteiger partial charge in [0.25, 0.3) is 11.3 Å². The SMILES string of the molecule is Nc1cc(=O)n2[nH]c(N)nc2n1. The molecule has 0 radical (unpaired) electrons. The van der Waals surface area contributed by atoms with Crippen molar-refractivity contribution >= 4 is 17.5 Å². The molecule has 2 rings (SSSR count). The minimum Gasteiger partial charge on any atom is -0.383 e. The Labute approximate surface area is 66.0 Å². The van der Waals surface area contributed by atoms with Gasteiger partial charge in [0.15, 0.2) is 0 Å². The van der Waals surface area contributed by atoms with Gasteiger partial charge in [-0.15, -0.1) is 0 Å². The molecule has 0 bridgehead atoms. The quantitative estimate of drug-likeness (QED) is 0.444. The van der Waals surface area contributed by atoms with Gasteiger partial charge in [-0.05, 0) is 0 Å². The van der Waals surface area contributed by atoms with Gasteiger partial charge in [0.05, 0.1) is 0 Å². The molecule has 0 aromatic carbocycles. The summed E-state index contributed by atoms with van der Waals surface area (Å²) in [4.78, 5) is 18.6. The summed E-state index contributed by atoms with van der Waals surface area (Å²) < 4.78 is 1.12. The summed E-state index contributed by atoms with van der Waals surface area (Å²) in [5, 5.41) is 2.51. The van der Waals surface area contributed by atoms with Crippen molar-refractivity contribution in [2.75, 3.05) is 11.5 Å². The number of nitrogens with one attached hydrogen (secondary N) is 1. The van der Waals surface area contributed by atoms with Crippen molar-refractivity contribution in [3.8, 4) is 0 Å². The molecule has 0 saturated heterocycles. The van der Waals surface area contributed by atoms with Gasteiger partial charge in [-0.25, -0.2) is 0 Å². The van der Waals surface area contributed by atoms with E-state index in [1.165, 1.54) is 6.07 Å². The molecule has 0 atom stereocenters. The number of anilines is 2. The lowest BCUT2D eigenvalue weighted by Crippen LogP contribution is -2.15. The van der Waals surface area contributed by atoms with Crippen LogP contribution in [0.15, 0.2) is 10.9 Å². The van der Waals surface area contributed by atoms with E-state index in [0.29, 0.717) is 0 Å². The van der Waals surface area contributed by atoms with Crippen LogP contribution in [-0.2, 0) is 0 Å². The van der Waals surface area contributed by atoms with Gasteiger partial charge in [0.2, 0.25) is 5.95 Å². The second-order valence-corrected chi connectivity index (χ2v) is 2.26. The Bertz CT molecular complexity index is 482. The third-order valence-electron chi connectivity index (χ3n) is 1.37. The summed E-state index contributed by atoms with van der Waals surface area (Å²) in [6.45, 7) is 0. The van der Waals surface area contributed by atoms with Crippen molar-refractivity contribution in [2.24, 2.45) is 0 Å². The van der Waals surface area contributed by atoms with E-state index in [2.05, 4.69) is 15.1 Å². The summed E-state index contributed by atoms with van der Waals surface area (Å²) in [5.41, 5.74) is 10.3. The first kappa shape index (κ1) is 6.65. The van der Waals surface area contributed by atoms with Crippen molar-refractivity contribution in [3.63, 3.8) is 0 Å². The van der Waals surface area contributed by atoms with Crippen LogP contribution in [0.2, 0.25) is 0 Å². The van der Waals surface area contributed by atoms with Crippen LogP contribution in [0.4, 0.5) is 11.8 Å². The smallest absolute Gasteiger partial charge is 0.276 e. The summed E-state index contributed by atoms with van der Waals surface area (Å²) in [6.07, 6.45) is 0. The maximum Gasteiger partial charge on any atom is 0.276 e. The average Bonchev–Trinajstić information content (AvgIpc) is 2.29. The average molecular weight is 166 g/mol. The van der Waals surface area contributed by atoms with Crippen LogP contribution in [0.25, 0.3) is 5.78 Å². The van der Waals surface area contributed by atoms with Crippen molar-refractivity contribution < 1.29 is 0 Å². The molecule has 7 nitrogen and oxygen atoms in total. The molecule has 2 heterocycles. The highest BCUT2D eigenvalue weighted by Gasteiger charge is 2.02. The fourth-order valence-corrected chi connectivity index (χ4v) is 0.915. The van der Waals surface area contributed by atoms with E-state index in [-0.39, 0.29) is 23.1 Å². The highest BCUT2D eigenvalue weighted by Crippen LogP contribution is 1.97. The predicted octanol–water partition coefficient (Wildman–Crippen LogP) is -1.42. The number of hydrogen-bond acceptors (Lipinski definition) is 5. The number of fused-ring (bicyclic) bond motifs is 1. The number of nitrogens with two attached hydrogens (primary N) is 2. The van der Waals surface area contributed by atoms with E-state index in [1.807, 2.05) is 0 Å². The minimum atomic E-state index is -0.332. The number of rotatable bonds is 0. The maximum absolute atomic E-state index is 11.1. The Morgan fingerprint density at radius 3 is 2.92 bits per heavy atom. The number of H-pyrrole nitrogens is 1. The first-order valence-electron chi connectivity index (χ1n) is 3.17. The predicted molar refractivity (Wildman–Crippen MR) is 42.4 cm³/mol. The molecule has 5 N–H and O–H groups in total. The van der Waals surface area contributed by atoms with Crippen molar-refractivity contribution in [2.45, 2.75) is 0 Å². The molecule has 0 spiro atoms. The number of nitrogen functional groups attached to an aromatic ring is 2. The maximum atomic E-state index is 11.1. The third kappa shape index (κ3) is 0.797. The number of nitrogens with zero attached hydrogens (tertiary/aromatic N) is 3. The largest absolute Gasteiger partial charge is 0.383 e. The van der Waals surface area contributed by atoms with E-state index in [4.69, 9.17) is 11.5 Å². The van der Waals surface area contributed by atoms with Crippen LogP contribution in [0, 0.1) is 0 Å². The third-order valence-corrected chi connectivity index (χ3v) is 1.37. The van der Waals surface area contributed by atoms with Crippen LogP contribution in [0.1, 0.15) is 0 Å². The van der Waals surface area contributed by atoms with Gasteiger partial charge in [-0.3, -0.25) is 9.89 Å². The molecule has 0 amide bonds. The second kappa shape index (κ2) is 1.97. The summed E-state index contributed by atoms with van der Waals surface area (Å²) in [7, 11) is 0. The van der Waals surface area contributed by atoms with Crippen LogP contribution in [0.5, 0.6) is 0 Å². The Morgan fingerprint density at radius 1 is 1.42 bits per heavy atom. The minimum absolute atomic E-state index is 0.130. The van der Waals surface area contributed by atoms with Crippen molar-refractivity contribution in [1.82, 2.24) is 19.6 Å². The molecule has 0 aliphatic carbocycles. The number of aromatic nitrogens is 4. The standard InChI is InChI=1S/C5H6N6O/c6-2-1-3(12)11-5(8-2)9-4(7)10-11/h1H,6H2,(H3,7,8,9,10). The molecule has 62 valence electrons. The number of hydrogen-bond donors (Lipinski definition) is 3. The van der Waals surface area contributed by atoms with Crippen LogP contribution >= 0.6 is 0 Å². The molecule has 0 aliphatic rings. The molecular weight excluding hydrogens is 160 g/mol. The molecule has 12 heavy (non-hydrogen) atoms. The fraction of sp³-hybridized carbons (Fsp3) is 0. The van der Waals surface area contributed by atoms with E-state index in [0.717, 1.165) is 4.52 Å². The van der Waals surface area contributed by atoms with E-state index in [1.54, 1.807) is 0 Å². The van der Waals surface area contributed by atoms with E-state index in [9.17, 15) is 4.79 Å². The second-order valence-electron chi connectivity index (χ2n) is 2.26. The molecule has 0 saturated carbocycles. The van der Waals surface area contributed by atoms with Gasteiger partial charge in [-0.2, -0.15) is 14.5 Å². The Kier molecular flexibility index (Phi) is 1.09. The van der Waals surface area contributed by atoms with Gasteiger partial charge in [0, 0.05) is 6.07 Å². The van der Waals surface area contributed by atoms with Crippen molar-refractivity contribution in [3.05, 3.63) is 16.4 Å². The lowest BCUT2D eigenvalue weighted by atomic mass is 10.6. The molecule has 0 fully saturated rings. The zero-order chi connectivity index (χ0) is 8.72. The fourth-order valence-electron chi connectivity index (χ4n) is 0.915.